The molecular formula is C23H30ClFN2O3. The van der Waals surface area contributed by atoms with Crippen LogP contribution in [-0.2, 0) is 4.79 Å². The van der Waals surface area contributed by atoms with Crippen molar-refractivity contribution < 1.29 is 18.7 Å². The van der Waals surface area contributed by atoms with Gasteiger partial charge in [-0.25, -0.2) is 4.39 Å². The number of halogens is 2. The number of ether oxygens (including phenoxy) is 2. The van der Waals surface area contributed by atoms with E-state index >= 15 is 0 Å². The van der Waals surface area contributed by atoms with Gasteiger partial charge in [0.25, 0.3) is 5.91 Å². The minimum Gasteiger partial charge on any atom is -0.497 e. The third-order valence-corrected chi connectivity index (χ3v) is 5.30. The number of piperidine rings is 1. The molecule has 1 aliphatic rings. The molecule has 1 amide bonds. The van der Waals surface area contributed by atoms with Gasteiger partial charge < -0.3 is 14.8 Å². The number of hydrogen-bond donors (Lipinski definition) is 1. The molecule has 1 aliphatic heterocycles. The van der Waals surface area contributed by atoms with E-state index in [0.29, 0.717) is 12.3 Å². The lowest BCUT2D eigenvalue weighted by molar-refractivity contribution is -0.127. The van der Waals surface area contributed by atoms with Crippen LogP contribution in [0.15, 0.2) is 48.5 Å². The molecule has 2 aromatic carbocycles. The van der Waals surface area contributed by atoms with Gasteiger partial charge >= 0.3 is 0 Å². The van der Waals surface area contributed by atoms with E-state index in [1.807, 2.05) is 12.1 Å². The highest BCUT2D eigenvalue weighted by Gasteiger charge is 2.24. The first-order valence-electron chi connectivity index (χ1n) is 10.1. The molecule has 2 aromatic rings. The summed E-state index contributed by atoms with van der Waals surface area (Å²) in [6, 6.07) is 13.8. The number of methoxy groups -OCH3 is 1. The van der Waals surface area contributed by atoms with Crippen LogP contribution in [0.3, 0.4) is 0 Å². The molecule has 164 valence electrons. The van der Waals surface area contributed by atoms with Crippen molar-refractivity contribution >= 4 is 18.3 Å². The average molecular weight is 437 g/mol. The summed E-state index contributed by atoms with van der Waals surface area (Å²) in [5.74, 6) is 0.761. The Labute approximate surface area is 184 Å². The summed E-state index contributed by atoms with van der Waals surface area (Å²) in [4.78, 5) is 15.0. The van der Waals surface area contributed by atoms with Crippen LogP contribution in [-0.4, -0.2) is 43.7 Å². The summed E-state index contributed by atoms with van der Waals surface area (Å²) in [7, 11) is 1.65. The van der Waals surface area contributed by atoms with Gasteiger partial charge in [-0.1, -0.05) is 18.6 Å². The van der Waals surface area contributed by atoms with E-state index < -0.39 is 6.10 Å². The fourth-order valence-electron chi connectivity index (χ4n) is 3.63. The number of nitrogens with zero attached hydrogens (tertiary/aromatic N) is 1. The summed E-state index contributed by atoms with van der Waals surface area (Å²) in [5, 5.41) is 3.03. The van der Waals surface area contributed by atoms with Crippen molar-refractivity contribution in [1.29, 1.82) is 0 Å². The van der Waals surface area contributed by atoms with Crippen molar-refractivity contribution in [2.24, 2.45) is 0 Å². The van der Waals surface area contributed by atoms with Gasteiger partial charge in [0.05, 0.1) is 13.2 Å². The lowest BCUT2D eigenvalue weighted by Gasteiger charge is -2.35. The molecule has 0 radical (unpaired) electrons. The van der Waals surface area contributed by atoms with E-state index in [0.717, 1.165) is 24.4 Å². The fraction of sp³-hybridized carbons (Fsp3) is 0.435. The lowest BCUT2D eigenvalue weighted by atomic mass is 10.0. The first-order chi connectivity index (χ1) is 14.1. The molecule has 0 bridgehead atoms. The highest BCUT2D eigenvalue weighted by Crippen LogP contribution is 2.26. The Morgan fingerprint density at radius 2 is 1.63 bits per heavy atom. The highest BCUT2D eigenvalue weighted by molar-refractivity contribution is 5.85. The maximum Gasteiger partial charge on any atom is 0.260 e. The predicted octanol–water partition coefficient (Wildman–Crippen LogP) is 4.37. The molecule has 1 N–H and O–H groups in total. The minimum absolute atomic E-state index is 0. The molecule has 2 unspecified atom stereocenters. The second kappa shape index (κ2) is 11.8. The summed E-state index contributed by atoms with van der Waals surface area (Å²) in [5.41, 5.74) is 1.15. The fourth-order valence-corrected chi connectivity index (χ4v) is 3.63. The Bertz CT molecular complexity index is 780. The van der Waals surface area contributed by atoms with Crippen LogP contribution in [0.5, 0.6) is 11.5 Å². The number of carbonyl (C=O) groups is 1. The highest BCUT2D eigenvalue weighted by atomic mass is 35.5. The number of benzene rings is 2. The summed E-state index contributed by atoms with van der Waals surface area (Å²) in [6.07, 6.45) is 2.93. The van der Waals surface area contributed by atoms with Gasteiger partial charge in [-0.15, -0.1) is 12.4 Å². The van der Waals surface area contributed by atoms with Crippen molar-refractivity contribution in [2.75, 3.05) is 26.7 Å². The normalized spacial score (nSPS) is 16.1. The topological polar surface area (TPSA) is 50.8 Å². The first-order valence-corrected chi connectivity index (χ1v) is 10.1. The molecule has 0 spiro atoms. The zero-order valence-corrected chi connectivity index (χ0v) is 18.3. The zero-order valence-electron chi connectivity index (χ0n) is 17.5. The molecular weight excluding hydrogens is 407 g/mol. The molecule has 7 heteroatoms. The van der Waals surface area contributed by atoms with E-state index in [4.69, 9.17) is 9.47 Å². The maximum absolute atomic E-state index is 13.0. The molecule has 2 atom stereocenters. The summed E-state index contributed by atoms with van der Waals surface area (Å²) >= 11 is 0. The van der Waals surface area contributed by atoms with Crippen LogP contribution in [0.25, 0.3) is 0 Å². The molecule has 1 saturated heterocycles. The Kier molecular flexibility index (Phi) is 9.40. The van der Waals surface area contributed by atoms with Crippen LogP contribution < -0.4 is 14.8 Å². The van der Waals surface area contributed by atoms with E-state index in [-0.39, 0.29) is 30.2 Å². The molecule has 1 fully saturated rings. The van der Waals surface area contributed by atoms with Crippen molar-refractivity contribution in [3.63, 3.8) is 0 Å². The first kappa shape index (κ1) is 24.0. The molecule has 3 rings (SSSR count). The number of amides is 1. The van der Waals surface area contributed by atoms with Gasteiger partial charge in [0.2, 0.25) is 0 Å². The zero-order chi connectivity index (χ0) is 20.6. The number of nitrogens with one attached hydrogen (secondary N) is 1. The van der Waals surface area contributed by atoms with Crippen LogP contribution >= 0.6 is 12.4 Å². The van der Waals surface area contributed by atoms with Crippen molar-refractivity contribution in [1.82, 2.24) is 10.2 Å². The molecule has 5 nitrogen and oxygen atoms in total. The van der Waals surface area contributed by atoms with E-state index in [9.17, 15) is 9.18 Å². The Balaban J connectivity index is 0.00000320. The Morgan fingerprint density at radius 3 is 2.23 bits per heavy atom. The second-order valence-electron chi connectivity index (χ2n) is 7.34. The van der Waals surface area contributed by atoms with Gasteiger partial charge in [0, 0.05) is 6.54 Å². The van der Waals surface area contributed by atoms with E-state index in [1.165, 1.54) is 43.5 Å². The monoisotopic (exact) mass is 436 g/mol. The van der Waals surface area contributed by atoms with Crippen molar-refractivity contribution in [2.45, 2.75) is 38.3 Å². The van der Waals surface area contributed by atoms with Gasteiger partial charge in [-0.2, -0.15) is 0 Å². The molecule has 0 saturated carbocycles. The molecule has 30 heavy (non-hydrogen) atoms. The second-order valence-corrected chi connectivity index (χ2v) is 7.34. The molecule has 0 aromatic heterocycles. The third-order valence-electron chi connectivity index (χ3n) is 5.30. The molecule has 0 aliphatic carbocycles. The third kappa shape index (κ3) is 6.61. The maximum atomic E-state index is 13.0. The van der Waals surface area contributed by atoms with Crippen molar-refractivity contribution in [3.05, 3.63) is 59.9 Å². The largest absolute Gasteiger partial charge is 0.497 e. The van der Waals surface area contributed by atoms with Crippen molar-refractivity contribution in [3.8, 4) is 11.5 Å². The van der Waals surface area contributed by atoms with Gasteiger partial charge in [0.15, 0.2) is 6.10 Å². The SMILES string of the molecule is COc1ccc(C(CNC(=O)C(C)Oc2ccc(F)cc2)N2CCCCC2)cc1.Cl. The smallest absolute Gasteiger partial charge is 0.260 e. The Morgan fingerprint density at radius 1 is 1.03 bits per heavy atom. The van der Waals surface area contributed by atoms with E-state index in [1.54, 1.807) is 14.0 Å². The number of carbonyl (C=O) groups excluding carboxylic acids is 1. The number of rotatable bonds is 8. The average Bonchev–Trinajstić information content (AvgIpc) is 2.76. The number of hydrogen-bond acceptors (Lipinski definition) is 4. The minimum atomic E-state index is -0.668. The standard InChI is InChI=1S/C23H29FN2O3.ClH/c1-17(29-21-12-8-19(24)9-13-21)23(27)25-16-22(26-14-4-3-5-15-26)18-6-10-20(28-2)11-7-18;/h6-13,17,22H,3-5,14-16H2,1-2H3,(H,25,27);1H. The summed E-state index contributed by atoms with van der Waals surface area (Å²) in [6.45, 7) is 4.24. The van der Waals surface area contributed by atoms with Gasteiger partial charge in [-0.3, -0.25) is 9.69 Å². The van der Waals surface area contributed by atoms with Gasteiger partial charge in [0.1, 0.15) is 17.3 Å². The van der Waals surface area contributed by atoms with Crippen LogP contribution in [0, 0.1) is 5.82 Å². The predicted molar refractivity (Wildman–Crippen MR) is 118 cm³/mol. The number of likely N-dealkylation sites (tertiary alicyclic amines) is 1. The lowest BCUT2D eigenvalue weighted by Crippen LogP contribution is -2.43. The molecule has 1 heterocycles. The van der Waals surface area contributed by atoms with E-state index in [2.05, 4.69) is 22.3 Å². The summed E-state index contributed by atoms with van der Waals surface area (Å²) < 4.78 is 23.9. The van der Waals surface area contributed by atoms with Crippen LogP contribution in [0.1, 0.15) is 37.8 Å². The Hall–Kier alpha value is -2.31. The van der Waals surface area contributed by atoms with Gasteiger partial charge in [-0.05, 0) is 74.8 Å². The van der Waals surface area contributed by atoms with Crippen LogP contribution in [0.2, 0.25) is 0 Å². The quantitative estimate of drug-likeness (QED) is 0.667. The van der Waals surface area contributed by atoms with Crippen LogP contribution in [0.4, 0.5) is 4.39 Å².